The summed E-state index contributed by atoms with van der Waals surface area (Å²) in [4.78, 5) is 57.3. The van der Waals surface area contributed by atoms with Crippen molar-refractivity contribution in [3.63, 3.8) is 0 Å². The number of para-hydroxylation sites is 5. The molecule has 0 saturated heterocycles. The van der Waals surface area contributed by atoms with Crippen LogP contribution in [0.15, 0.2) is 192 Å². The van der Waals surface area contributed by atoms with Crippen molar-refractivity contribution in [1.29, 1.82) is 0 Å². The number of carbonyl (C=O) groups is 2. The molecule has 10 rings (SSSR count). The van der Waals surface area contributed by atoms with E-state index in [4.69, 9.17) is 29.7 Å². The predicted octanol–water partition coefficient (Wildman–Crippen LogP) is 13.9. The lowest BCUT2D eigenvalue weighted by molar-refractivity contribution is -0.365. The Balaban J connectivity index is 0.000000183. The molecule has 0 spiro atoms. The molecule has 1 amide bonds. The van der Waals surface area contributed by atoms with E-state index >= 15 is 0 Å². The van der Waals surface area contributed by atoms with Crippen LogP contribution in [0.4, 0.5) is 11.4 Å². The molecular formula is C71H76N6O10. The van der Waals surface area contributed by atoms with Gasteiger partial charge in [0.15, 0.2) is 17.8 Å². The van der Waals surface area contributed by atoms with Gasteiger partial charge >= 0.3 is 0 Å². The lowest BCUT2D eigenvalue weighted by Gasteiger charge is -2.27. The number of rotatable bonds is 15. The number of nitrogens with two attached hydrogens (primary N) is 1. The van der Waals surface area contributed by atoms with Crippen molar-refractivity contribution >= 4 is 57.5 Å². The molecule has 5 N–H and O–H groups in total. The van der Waals surface area contributed by atoms with E-state index in [1.807, 2.05) is 177 Å². The summed E-state index contributed by atoms with van der Waals surface area (Å²) in [5.41, 5.74) is 15.3. The SMILES string of the molecule is CCOC(C)(OCC)OCC.CCc1cccc(C=O)c1O.COc1cccc(/C=C/c2nc3ccccc3c(=O)n2-c2cccc(C)c2)c1O.Cc1cccc(-n2c(C)nc3ccccc3c2=O)c1.Cc1cccc(NC(=O)c2ccccc2N)c1. The third-order valence-corrected chi connectivity index (χ3v) is 13.3. The van der Waals surface area contributed by atoms with Gasteiger partial charge in [-0.25, -0.2) is 9.97 Å². The molecule has 0 saturated carbocycles. The molecule has 0 bridgehead atoms. The van der Waals surface area contributed by atoms with Crippen LogP contribution in [0.25, 0.3) is 45.3 Å². The number of nitrogens with zero attached hydrogens (tertiary/aromatic N) is 4. The van der Waals surface area contributed by atoms with Crippen LogP contribution in [0.5, 0.6) is 17.2 Å². The molecule has 87 heavy (non-hydrogen) atoms. The molecule has 0 unspecified atom stereocenters. The Hall–Kier alpha value is -10.0. The highest BCUT2D eigenvalue weighted by molar-refractivity contribution is 6.07. The first-order valence-corrected chi connectivity index (χ1v) is 28.5. The zero-order chi connectivity index (χ0) is 63.0. The van der Waals surface area contributed by atoms with Gasteiger partial charge in [-0.3, -0.25) is 28.3 Å². The minimum atomic E-state index is -0.849. The summed E-state index contributed by atoms with van der Waals surface area (Å²) in [6.07, 6.45) is 4.85. The number of aromatic nitrogens is 4. The lowest BCUT2D eigenvalue weighted by atomic mass is 10.1. The minimum absolute atomic E-state index is 0.0197. The van der Waals surface area contributed by atoms with Gasteiger partial charge in [0, 0.05) is 43.7 Å². The maximum absolute atomic E-state index is 13.3. The van der Waals surface area contributed by atoms with Gasteiger partial charge < -0.3 is 40.2 Å². The number of carbonyl (C=O) groups excluding carboxylic acids is 2. The largest absolute Gasteiger partial charge is 0.507 e. The highest BCUT2D eigenvalue weighted by Crippen LogP contribution is 2.31. The summed E-state index contributed by atoms with van der Waals surface area (Å²) in [6, 6.07) is 55.4. The fourth-order valence-electron chi connectivity index (χ4n) is 9.12. The molecule has 0 fully saturated rings. The summed E-state index contributed by atoms with van der Waals surface area (Å²) in [5.74, 6) is 0.679. The zero-order valence-corrected chi connectivity index (χ0v) is 50.9. The molecular weight excluding hydrogens is 1100 g/mol. The number of anilines is 2. The van der Waals surface area contributed by atoms with Crippen LogP contribution in [-0.4, -0.2) is 74.4 Å². The Morgan fingerprint density at radius 2 is 1.09 bits per heavy atom. The number of nitrogens with one attached hydrogen (secondary N) is 1. The number of benzene rings is 8. The maximum atomic E-state index is 13.3. The van der Waals surface area contributed by atoms with Crippen LogP contribution in [0.1, 0.15) is 94.8 Å². The topological polar surface area (TPSA) is 219 Å². The number of aldehydes is 1. The van der Waals surface area contributed by atoms with Crippen LogP contribution in [0.2, 0.25) is 0 Å². The molecule has 2 heterocycles. The number of ether oxygens (including phenoxy) is 4. The number of methoxy groups -OCH3 is 1. The molecule has 450 valence electrons. The van der Waals surface area contributed by atoms with Crippen molar-refractivity contribution in [2.45, 2.75) is 74.7 Å². The lowest BCUT2D eigenvalue weighted by Crippen LogP contribution is -2.35. The van der Waals surface area contributed by atoms with Crippen molar-refractivity contribution in [2.24, 2.45) is 0 Å². The average Bonchev–Trinajstić information content (AvgIpc) is 2.44. The molecule has 0 radical (unpaired) electrons. The summed E-state index contributed by atoms with van der Waals surface area (Å²) in [7, 11) is 1.50. The molecule has 0 atom stereocenters. The number of aryl methyl sites for hydroxylation is 5. The number of nitrogen functional groups attached to an aromatic ring is 1. The summed E-state index contributed by atoms with van der Waals surface area (Å²) < 4.78 is 24.2. The van der Waals surface area contributed by atoms with Crippen molar-refractivity contribution in [3.8, 4) is 28.6 Å². The van der Waals surface area contributed by atoms with Crippen molar-refractivity contribution in [3.05, 3.63) is 253 Å². The van der Waals surface area contributed by atoms with Crippen LogP contribution >= 0.6 is 0 Å². The second-order valence-corrected chi connectivity index (χ2v) is 19.8. The Morgan fingerprint density at radius 1 is 0.586 bits per heavy atom. The fraction of sp³-hybridized carbons (Fsp3) is 0.211. The van der Waals surface area contributed by atoms with Gasteiger partial charge in [0.1, 0.15) is 17.4 Å². The van der Waals surface area contributed by atoms with E-state index in [2.05, 4.69) is 10.3 Å². The van der Waals surface area contributed by atoms with Gasteiger partial charge in [-0.2, -0.15) is 0 Å². The number of phenols is 2. The number of phenolic OH excluding ortho intramolecular Hbond substituents is 2. The van der Waals surface area contributed by atoms with E-state index in [1.165, 1.54) is 7.11 Å². The quantitative estimate of drug-likeness (QED) is 0.0427. The van der Waals surface area contributed by atoms with Gasteiger partial charge in [-0.05, 0) is 174 Å². The fourth-order valence-corrected chi connectivity index (χ4v) is 9.12. The van der Waals surface area contributed by atoms with Crippen LogP contribution in [-0.2, 0) is 20.6 Å². The smallest absolute Gasteiger partial charge is 0.279 e. The Kier molecular flexibility index (Phi) is 24.6. The first-order valence-electron chi connectivity index (χ1n) is 28.5. The van der Waals surface area contributed by atoms with Gasteiger partial charge in [-0.15, -0.1) is 0 Å². The monoisotopic (exact) mass is 1170 g/mol. The Bertz CT molecular complexity index is 4080. The van der Waals surface area contributed by atoms with Crippen LogP contribution < -0.4 is 26.9 Å². The van der Waals surface area contributed by atoms with E-state index in [1.54, 1.807) is 88.9 Å². The van der Waals surface area contributed by atoms with Gasteiger partial charge in [0.25, 0.3) is 23.0 Å². The summed E-state index contributed by atoms with van der Waals surface area (Å²) >= 11 is 0. The molecule has 10 aromatic rings. The summed E-state index contributed by atoms with van der Waals surface area (Å²) in [5, 5.41) is 23.7. The summed E-state index contributed by atoms with van der Waals surface area (Å²) in [6.45, 7) is 19.1. The number of hydrogen-bond acceptors (Lipinski definition) is 13. The first kappa shape index (κ1) is 66.1. The Labute approximate surface area is 507 Å². The van der Waals surface area contributed by atoms with Crippen molar-refractivity contribution in [1.82, 2.24) is 19.1 Å². The Morgan fingerprint density at radius 3 is 1.64 bits per heavy atom. The zero-order valence-electron chi connectivity index (χ0n) is 50.9. The standard InChI is InChI=1S/C24H20N2O3.C16H14N2O.C14H14N2O.C9H10O2.C8H18O3/c1-16-7-5-9-18(15-16)26-22(25-20-11-4-3-10-19(20)24(26)28)14-13-17-8-6-12-21(29-2)23(17)27;1-11-6-5-7-13(10-11)18-12(2)17-15-9-4-3-8-14(15)16(18)19;1-10-5-4-6-11(9-10)16-14(17)12-7-2-3-8-13(12)15;1-2-7-4-3-5-8(6-10)9(7)11;1-5-9-8(4,10-6-2)11-7-3/h3-15,27H,1-2H3;3-10H,1-2H3;2-9H,15H2,1H3,(H,16,17);3-6,11H,2H2,1H3;5-7H2,1-4H3/b14-13+;;;;. The van der Waals surface area contributed by atoms with Crippen molar-refractivity contribution in [2.75, 3.05) is 38.0 Å². The first-order chi connectivity index (χ1) is 41.9. The van der Waals surface area contributed by atoms with Crippen LogP contribution in [0, 0.1) is 27.7 Å². The number of amides is 1. The molecule has 0 aliphatic heterocycles. The van der Waals surface area contributed by atoms with Crippen molar-refractivity contribution < 1.29 is 38.7 Å². The molecule has 2 aromatic heterocycles. The van der Waals surface area contributed by atoms with E-state index < -0.39 is 5.97 Å². The minimum Gasteiger partial charge on any atom is -0.507 e. The highest BCUT2D eigenvalue weighted by Gasteiger charge is 2.25. The van der Waals surface area contributed by atoms with E-state index in [0.29, 0.717) is 82.2 Å². The second kappa shape index (κ2) is 32.3. The third kappa shape index (κ3) is 18.0. The number of aromatic hydroxyl groups is 2. The molecule has 16 heteroatoms. The third-order valence-electron chi connectivity index (χ3n) is 13.3. The van der Waals surface area contributed by atoms with Gasteiger partial charge in [0.2, 0.25) is 0 Å². The average molecular weight is 1170 g/mol. The van der Waals surface area contributed by atoms with E-state index in [0.717, 1.165) is 51.3 Å². The van der Waals surface area contributed by atoms with E-state index in [9.17, 15) is 29.4 Å². The van der Waals surface area contributed by atoms with E-state index in [-0.39, 0.29) is 28.5 Å². The molecule has 0 aliphatic carbocycles. The molecule has 0 aliphatic rings. The maximum Gasteiger partial charge on any atom is 0.279 e. The predicted molar refractivity (Wildman–Crippen MR) is 349 cm³/mol. The van der Waals surface area contributed by atoms with Gasteiger partial charge in [0.05, 0.1) is 51.4 Å². The normalized spacial score (nSPS) is 10.8. The number of fused-ring (bicyclic) bond motifs is 2. The molecule has 8 aromatic carbocycles. The van der Waals surface area contributed by atoms with Crippen LogP contribution in [0.3, 0.4) is 0 Å². The highest BCUT2D eigenvalue weighted by atomic mass is 16.9. The van der Waals surface area contributed by atoms with Gasteiger partial charge in [-0.1, -0.05) is 104 Å². The number of hydrogen-bond donors (Lipinski definition) is 4. The molecule has 16 nitrogen and oxygen atoms in total. The second-order valence-electron chi connectivity index (χ2n) is 19.8.